The Morgan fingerprint density at radius 2 is 2.15 bits per heavy atom. The summed E-state index contributed by atoms with van der Waals surface area (Å²) < 4.78 is 26.9. The number of aromatic nitrogens is 2. The van der Waals surface area contributed by atoms with Gasteiger partial charge < -0.3 is 4.98 Å². The first kappa shape index (κ1) is 15.9. The van der Waals surface area contributed by atoms with Crippen LogP contribution in [0.25, 0.3) is 0 Å². The maximum absolute atomic E-state index is 12.7. The van der Waals surface area contributed by atoms with E-state index >= 15 is 0 Å². The largest absolute Gasteiger partial charge is 0.332 e. The van der Waals surface area contributed by atoms with Crippen LogP contribution in [0.5, 0.6) is 0 Å². The van der Waals surface area contributed by atoms with Crippen LogP contribution in [0.4, 0.5) is 0 Å². The summed E-state index contributed by atoms with van der Waals surface area (Å²) >= 11 is 1.76. The predicted octanol–water partition coefficient (Wildman–Crippen LogP) is 2.44. The van der Waals surface area contributed by atoms with E-state index < -0.39 is 10.0 Å². The van der Waals surface area contributed by atoms with Gasteiger partial charge in [0, 0.05) is 24.3 Å². The van der Waals surface area contributed by atoms with Gasteiger partial charge in [-0.1, -0.05) is 20.3 Å². The highest BCUT2D eigenvalue weighted by Crippen LogP contribution is 2.33. The van der Waals surface area contributed by atoms with E-state index in [0.29, 0.717) is 11.1 Å². The highest BCUT2D eigenvalue weighted by molar-refractivity contribution is 7.99. The monoisotopic (exact) mass is 317 g/mol. The van der Waals surface area contributed by atoms with E-state index in [-0.39, 0.29) is 17.0 Å². The fourth-order valence-electron chi connectivity index (χ4n) is 2.67. The normalized spacial score (nSPS) is 23.9. The minimum Gasteiger partial charge on any atom is -0.332 e. The van der Waals surface area contributed by atoms with Crippen molar-refractivity contribution in [2.24, 2.45) is 0 Å². The van der Waals surface area contributed by atoms with Crippen LogP contribution >= 0.6 is 11.8 Å². The zero-order valence-electron chi connectivity index (χ0n) is 12.5. The number of aromatic amines is 1. The van der Waals surface area contributed by atoms with Crippen molar-refractivity contribution in [3.05, 3.63) is 12.0 Å². The lowest BCUT2D eigenvalue weighted by molar-refractivity contribution is 0.377. The Hall–Kier alpha value is -0.530. The molecule has 1 N–H and O–H groups in total. The van der Waals surface area contributed by atoms with Gasteiger partial charge in [0.05, 0.1) is 6.20 Å². The summed E-state index contributed by atoms with van der Waals surface area (Å²) in [4.78, 5) is 7.11. The van der Waals surface area contributed by atoms with E-state index in [2.05, 4.69) is 16.2 Å². The Labute approximate surface area is 125 Å². The summed E-state index contributed by atoms with van der Waals surface area (Å²) in [6.07, 6.45) is 6.61. The number of thioether (sulfide) groups is 1. The van der Waals surface area contributed by atoms with Crippen molar-refractivity contribution >= 4 is 21.8 Å². The van der Waals surface area contributed by atoms with Gasteiger partial charge in [-0.25, -0.2) is 13.4 Å². The Morgan fingerprint density at radius 1 is 1.45 bits per heavy atom. The molecule has 1 fully saturated rings. The third kappa shape index (κ3) is 2.89. The lowest BCUT2D eigenvalue weighted by Gasteiger charge is -2.27. The first-order valence-corrected chi connectivity index (χ1v) is 9.66. The maximum Gasteiger partial charge on any atom is 0.260 e. The summed E-state index contributed by atoms with van der Waals surface area (Å²) in [5.74, 6) is 0.902. The van der Waals surface area contributed by atoms with E-state index in [4.69, 9.17) is 0 Å². The number of hydrogen-bond acceptors (Lipinski definition) is 4. The van der Waals surface area contributed by atoms with Gasteiger partial charge in [0.15, 0.2) is 5.03 Å². The van der Waals surface area contributed by atoms with Crippen molar-refractivity contribution in [3.8, 4) is 0 Å². The molecule has 1 aliphatic rings. The summed E-state index contributed by atoms with van der Waals surface area (Å²) in [7, 11) is -1.79. The number of nitrogens with zero attached hydrogens (tertiary/aromatic N) is 2. The van der Waals surface area contributed by atoms with E-state index in [1.165, 1.54) is 10.5 Å². The SMILES string of the molecule is CSC1CCCC1N(C)S(=O)(=O)c1cnc(C(C)C)[nH]1. The van der Waals surface area contributed by atoms with E-state index in [0.717, 1.165) is 19.3 Å². The summed E-state index contributed by atoms with van der Waals surface area (Å²) in [5, 5.41) is 0.595. The molecule has 1 aliphatic carbocycles. The maximum atomic E-state index is 12.7. The van der Waals surface area contributed by atoms with Gasteiger partial charge in [0.25, 0.3) is 10.0 Å². The number of nitrogens with one attached hydrogen (secondary N) is 1. The van der Waals surface area contributed by atoms with Crippen LogP contribution in [-0.4, -0.2) is 47.3 Å². The minimum absolute atomic E-state index is 0.0841. The van der Waals surface area contributed by atoms with Crippen molar-refractivity contribution in [2.45, 2.75) is 55.3 Å². The molecule has 0 spiro atoms. The molecule has 7 heteroatoms. The van der Waals surface area contributed by atoms with Crippen molar-refractivity contribution in [1.82, 2.24) is 14.3 Å². The molecule has 0 radical (unpaired) electrons. The molecule has 1 aromatic rings. The van der Waals surface area contributed by atoms with Crippen molar-refractivity contribution in [3.63, 3.8) is 0 Å². The molecule has 2 atom stereocenters. The molecule has 0 bridgehead atoms. The summed E-state index contributed by atoms with van der Waals surface area (Å²) in [6, 6.07) is 0.0841. The highest BCUT2D eigenvalue weighted by atomic mass is 32.2. The predicted molar refractivity (Wildman–Crippen MR) is 82.6 cm³/mol. The Balaban J connectivity index is 2.24. The molecule has 20 heavy (non-hydrogen) atoms. The van der Waals surface area contributed by atoms with E-state index in [1.54, 1.807) is 18.8 Å². The number of sulfonamides is 1. The molecule has 0 aliphatic heterocycles. The standard InChI is InChI=1S/C13H23N3O2S2/c1-9(2)13-14-8-12(15-13)20(17,18)16(3)10-6-5-7-11(10)19-4/h8-11H,5-7H2,1-4H3,(H,14,15). The molecule has 0 amide bonds. The lowest BCUT2D eigenvalue weighted by atomic mass is 10.2. The van der Waals surface area contributed by atoms with Gasteiger partial charge in [0.1, 0.15) is 5.82 Å². The van der Waals surface area contributed by atoms with Crippen molar-refractivity contribution in [1.29, 1.82) is 0 Å². The Kier molecular flexibility index (Phi) is 4.81. The minimum atomic E-state index is -3.48. The number of rotatable bonds is 5. The Bertz CT molecular complexity index is 554. The van der Waals surface area contributed by atoms with E-state index in [1.807, 2.05) is 13.8 Å². The average Bonchev–Trinajstić information content (AvgIpc) is 3.06. The molecule has 1 saturated carbocycles. The average molecular weight is 317 g/mol. The molecule has 0 aromatic carbocycles. The van der Waals surface area contributed by atoms with E-state index in [9.17, 15) is 8.42 Å². The molecule has 114 valence electrons. The molecule has 2 unspecified atom stereocenters. The van der Waals surface area contributed by atoms with Crippen molar-refractivity contribution < 1.29 is 8.42 Å². The molecular weight excluding hydrogens is 294 g/mol. The molecule has 2 rings (SSSR count). The molecule has 5 nitrogen and oxygen atoms in total. The van der Waals surface area contributed by atoms with Crippen LogP contribution in [-0.2, 0) is 10.0 Å². The molecule has 1 aromatic heterocycles. The highest BCUT2D eigenvalue weighted by Gasteiger charge is 2.37. The summed E-state index contributed by atoms with van der Waals surface area (Å²) in [5.41, 5.74) is 0. The lowest BCUT2D eigenvalue weighted by Crippen LogP contribution is -2.40. The fraction of sp³-hybridized carbons (Fsp3) is 0.769. The number of H-pyrrole nitrogens is 1. The molecule has 0 saturated heterocycles. The van der Waals surface area contributed by atoms with Gasteiger partial charge in [-0.05, 0) is 19.1 Å². The van der Waals surface area contributed by atoms with Gasteiger partial charge in [-0.15, -0.1) is 0 Å². The second-order valence-electron chi connectivity index (χ2n) is 5.58. The van der Waals surface area contributed by atoms with Gasteiger partial charge in [0.2, 0.25) is 0 Å². The van der Waals surface area contributed by atoms with Crippen LogP contribution in [0.15, 0.2) is 11.2 Å². The first-order chi connectivity index (χ1) is 9.37. The second-order valence-corrected chi connectivity index (χ2v) is 8.62. The number of imidazole rings is 1. The zero-order chi connectivity index (χ0) is 14.9. The smallest absolute Gasteiger partial charge is 0.260 e. The number of hydrogen-bond donors (Lipinski definition) is 1. The van der Waals surface area contributed by atoms with Crippen LogP contribution in [0, 0.1) is 0 Å². The van der Waals surface area contributed by atoms with Crippen LogP contribution < -0.4 is 0 Å². The zero-order valence-corrected chi connectivity index (χ0v) is 14.1. The van der Waals surface area contributed by atoms with Crippen LogP contribution in [0.1, 0.15) is 44.9 Å². The third-order valence-corrected chi connectivity index (χ3v) is 6.91. The second kappa shape index (κ2) is 6.07. The quantitative estimate of drug-likeness (QED) is 0.906. The fourth-order valence-corrected chi connectivity index (χ4v) is 5.12. The van der Waals surface area contributed by atoms with Crippen LogP contribution in [0.3, 0.4) is 0 Å². The van der Waals surface area contributed by atoms with Gasteiger partial charge >= 0.3 is 0 Å². The Morgan fingerprint density at radius 3 is 2.70 bits per heavy atom. The van der Waals surface area contributed by atoms with Gasteiger partial charge in [-0.2, -0.15) is 16.1 Å². The topological polar surface area (TPSA) is 66.1 Å². The summed E-state index contributed by atoms with van der Waals surface area (Å²) in [6.45, 7) is 3.97. The first-order valence-electron chi connectivity index (χ1n) is 6.93. The van der Waals surface area contributed by atoms with Crippen molar-refractivity contribution in [2.75, 3.05) is 13.3 Å². The molecular formula is C13H23N3O2S2. The van der Waals surface area contributed by atoms with Gasteiger partial charge in [-0.3, -0.25) is 0 Å². The van der Waals surface area contributed by atoms with Crippen LogP contribution in [0.2, 0.25) is 0 Å². The molecule has 1 heterocycles. The third-order valence-electron chi connectivity index (χ3n) is 3.96.